The number of rotatable bonds is 7. The summed E-state index contributed by atoms with van der Waals surface area (Å²) in [6.45, 7) is 5.73. The molecule has 2 aromatic heterocycles. The summed E-state index contributed by atoms with van der Waals surface area (Å²) >= 11 is 0. The van der Waals surface area contributed by atoms with Crippen molar-refractivity contribution in [3.8, 4) is 0 Å². The molecular formula is C22H34N8O. The summed E-state index contributed by atoms with van der Waals surface area (Å²) in [5.74, 6) is 0.819. The molecule has 2 amide bonds. The number of nitrogen functional groups attached to an aromatic ring is 1. The second-order valence-corrected chi connectivity index (χ2v) is 8.89. The first-order valence-electron chi connectivity index (χ1n) is 11.3. The van der Waals surface area contributed by atoms with Crippen molar-refractivity contribution in [3.63, 3.8) is 0 Å². The minimum absolute atomic E-state index is 0.00769. The van der Waals surface area contributed by atoms with Crippen molar-refractivity contribution < 1.29 is 4.79 Å². The number of nitrogens with two attached hydrogens (primary N) is 1. The van der Waals surface area contributed by atoms with Gasteiger partial charge in [-0.3, -0.25) is 4.90 Å². The Balaban J connectivity index is 1.35. The van der Waals surface area contributed by atoms with Gasteiger partial charge in [0.15, 0.2) is 0 Å². The van der Waals surface area contributed by atoms with Crippen molar-refractivity contribution in [3.05, 3.63) is 36.2 Å². The monoisotopic (exact) mass is 426 g/mol. The van der Waals surface area contributed by atoms with E-state index in [1.54, 1.807) is 11.1 Å². The third-order valence-electron chi connectivity index (χ3n) is 6.57. The van der Waals surface area contributed by atoms with Crippen molar-refractivity contribution >= 4 is 12.0 Å². The van der Waals surface area contributed by atoms with E-state index in [-0.39, 0.29) is 12.1 Å². The molecule has 1 saturated heterocycles. The lowest BCUT2D eigenvalue weighted by Crippen LogP contribution is -2.59. The van der Waals surface area contributed by atoms with Crippen LogP contribution in [-0.4, -0.2) is 74.1 Å². The van der Waals surface area contributed by atoms with Crippen LogP contribution >= 0.6 is 0 Å². The topological polar surface area (TPSA) is 105 Å². The van der Waals surface area contributed by atoms with Crippen LogP contribution in [0.5, 0.6) is 0 Å². The Hall–Kier alpha value is -2.68. The van der Waals surface area contributed by atoms with Gasteiger partial charge in [0.2, 0.25) is 5.95 Å². The number of hydrogen-bond acceptors (Lipinski definition) is 6. The molecular weight excluding hydrogens is 392 g/mol. The minimum atomic E-state index is 0.00769. The van der Waals surface area contributed by atoms with Gasteiger partial charge in [-0.1, -0.05) is 6.92 Å². The number of aromatic nitrogens is 4. The van der Waals surface area contributed by atoms with Crippen LogP contribution in [0.3, 0.4) is 0 Å². The van der Waals surface area contributed by atoms with Gasteiger partial charge in [-0.2, -0.15) is 0 Å². The number of nitrogens with one attached hydrogen (secondary N) is 1. The van der Waals surface area contributed by atoms with Crippen molar-refractivity contribution in [2.45, 2.75) is 57.7 Å². The van der Waals surface area contributed by atoms with Gasteiger partial charge in [0.1, 0.15) is 0 Å². The molecule has 168 valence electrons. The molecule has 0 spiro atoms. The molecule has 3 atom stereocenters. The largest absolute Gasteiger partial charge is 0.368 e. The lowest BCUT2D eigenvalue weighted by molar-refractivity contribution is 0.0629. The maximum absolute atomic E-state index is 12.8. The van der Waals surface area contributed by atoms with Crippen LogP contribution in [0.15, 0.2) is 24.9 Å². The van der Waals surface area contributed by atoms with Gasteiger partial charge >= 0.3 is 6.03 Å². The molecule has 2 aliphatic rings. The van der Waals surface area contributed by atoms with E-state index < -0.39 is 0 Å². The molecule has 31 heavy (non-hydrogen) atoms. The minimum Gasteiger partial charge on any atom is -0.368 e. The number of carbonyl (C=O) groups excluding carboxylic acids is 1. The van der Waals surface area contributed by atoms with Crippen molar-refractivity contribution in [2.75, 3.05) is 32.4 Å². The normalized spacial score (nSPS) is 23.1. The lowest BCUT2D eigenvalue weighted by Gasteiger charge is -2.47. The molecule has 3 N–H and O–H groups in total. The van der Waals surface area contributed by atoms with Crippen LogP contribution in [0.25, 0.3) is 0 Å². The van der Waals surface area contributed by atoms with E-state index in [0.717, 1.165) is 57.4 Å². The highest BCUT2D eigenvalue weighted by Gasteiger charge is 2.40. The van der Waals surface area contributed by atoms with E-state index in [0.29, 0.717) is 24.5 Å². The van der Waals surface area contributed by atoms with Gasteiger partial charge in [0.25, 0.3) is 0 Å². The summed E-state index contributed by atoms with van der Waals surface area (Å²) in [7, 11) is 1.87. The first-order valence-corrected chi connectivity index (χ1v) is 11.3. The van der Waals surface area contributed by atoms with Gasteiger partial charge in [0.05, 0.1) is 6.33 Å². The maximum Gasteiger partial charge on any atom is 0.317 e. The van der Waals surface area contributed by atoms with Crippen LogP contribution in [-0.2, 0) is 19.4 Å². The molecule has 2 aromatic rings. The van der Waals surface area contributed by atoms with E-state index in [1.807, 2.05) is 30.3 Å². The first-order chi connectivity index (χ1) is 15.0. The predicted octanol–water partition coefficient (Wildman–Crippen LogP) is 1.55. The zero-order valence-corrected chi connectivity index (χ0v) is 18.6. The summed E-state index contributed by atoms with van der Waals surface area (Å²) in [5.41, 5.74) is 8.12. The zero-order chi connectivity index (χ0) is 21.8. The van der Waals surface area contributed by atoms with Crippen molar-refractivity contribution in [2.24, 2.45) is 5.92 Å². The molecule has 0 bridgehead atoms. The molecule has 1 fully saturated rings. The SMILES string of the molecule is CCCN1C[C@@H](NC(=O)N(C)CCCn2ccnc2)C[C@@H]2Cc3nc(N)ncc3C[C@H]21. The average Bonchev–Trinajstić information content (AvgIpc) is 3.26. The Labute approximate surface area is 184 Å². The van der Waals surface area contributed by atoms with E-state index in [4.69, 9.17) is 5.73 Å². The number of aryl methyl sites for hydroxylation is 1. The number of hydrogen-bond donors (Lipinski definition) is 2. The van der Waals surface area contributed by atoms with Gasteiger partial charge < -0.3 is 20.5 Å². The summed E-state index contributed by atoms with van der Waals surface area (Å²) in [4.78, 5) is 29.9. The summed E-state index contributed by atoms with van der Waals surface area (Å²) in [5, 5.41) is 3.29. The van der Waals surface area contributed by atoms with E-state index in [1.165, 1.54) is 5.56 Å². The number of fused-ring (bicyclic) bond motifs is 2. The fraction of sp³-hybridized carbons (Fsp3) is 0.636. The number of urea groups is 1. The van der Waals surface area contributed by atoms with Crippen molar-refractivity contribution in [1.29, 1.82) is 0 Å². The molecule has 1 aliphatic carbocycles. The molecule has 0 radical (unpaired) electrons. The van der Waals surface area contributed by atoms with E-state index >= 15 is 0 Å². The Morgan fingerprint density at radius 2 is 2.23 bits per heavy atom. The second kappa shape index (κ2) is 9.64. The highest BCUT2D eigenvalue weighted by atomic mass is 16.2. The third kappa shape index (κ3) is 5.15. The van der Waals surface area contributed by atoms with Gasteiger partial charge in [-0.15, -0.1) is 0 Å². The standard InChI is InChI=1S/C22H34N8O/c1-3-6-30-14-18(26-22(31)28(2)7-4-8-29-9-5-24-15-29)10-16-11-19-17(12-20(16)30)13-25-21(23)27-19/h5,9,13,15-16,18,20H,3-4,6-8,10-12,14H2,1-2H3,(H,26,31)(H2,23,25,27)/t16-,18+,20-/m1/s1. The molecule has 4 rings (SSSR count). The average molecular weight is 427 g/mol. The summed E-state index contributed by atoms with van der Waals surface area (Å²) < 4.78 is 2.03. The summed E-state index contributed by atoms with van der Waals surface area (Å²) in [6, 6.07) is 0.645. The quantitative estimate of drug-likeness (QED) is 0.696. The van der Waals surface area contributed by atoms with Crippen LogP contribution in [0, 0.1) is 5.92 Å². The third-order valence-corrected chi connectivity index (χ3v) is 6.57. The number of anilines is 1. The molecule has 0 unspecified atom stereocenters. The van der Waals surface area contributed by atoms with E-state index in [2.05, 4.69) is 32.1 Å². The number of nitrogens with zero attached hydrogens (tertiary/aromatic N) is 6. The smallest absolute Gasteiger partial charge is 0.317 e. The molecule has 0 saturated carbocycles. The number of amides is 2. The Kier molecular flexibility index (Phi) is 6.70. The highest BCUT2D eigenvalue weighted by molar-refractivity contribution is 5.74. The second-order valence-electron chi connectivity index (χ2n) is 8.89. The van der Waals surface area contributed by atoms with Gasteiger partial charge in [0, 0.05) is 63.1 Å². The van der Waals surface area contributed by atoms with E-state index in [9.17, 15) is 4.79 Å². The fourth-order valence-electron chi connectivity index (χ4n) is 5.05. The number of likely N-dealkylation sites (tertiary alicyclic amines) is 1. The molecule has 9 heteroatoms. The Bertz CT molecular complexity index is 870. The molecule has 0 aromatic carbocycles. The predicted molar refractivity (Wildman–Crippen MR) is 119 cm³/mol. The number of piperidine rings is 1. The summed E-state index contributed by atoms with van der Waals surface area (Å²) in [6.07, 6.45) is 12.3. The lowest BCUT2D eigenvalue weighted by atomic mass is 9.76. The Morgan fingerprint density at radius 1 is 1.35 bits per heavy atom. The molecule has 1 aliphatic heterocycles. The van der Waals surface area contributed by atoms with Crippen LogP contribution < -0.4 is 11.1 Å². The number of imidazole rings is 1. The molecule has 3 heterocycles. The highest BCUT2D eigenvalue weighted by Crippen LogP contribution is 2.34. The fourth-order valence-corrected chi connectivity index (χ4v) is 5.05. The Morgan fingerprint density at radius 3 is 3.00 bits per heavy atom. The first kappa shape index (κ1) is 21.5. The van der Waals surface area contributed by atoms with Crippen LogP contribution in [0.4, 0.5) is 10.7 Å². The van der Waals surface area contributed by atoms with Crippen LogP contribution in [0.2, 0.25) is 0 Å². The van der Waals surface area contributed by atoms with Crippen molar-refractivity contribution in [1.82, 2.24) is 34.6 Å². The maximum atomic E-state index is 12.8. The van der Waals surface area contributed by atoms with Gasteiger partial charge in [-0.05, 0) is 50.1 Å². The zero-order valence-electron chi connectivity index (χ0n) is 18.6. The molecule has 9 nitrogen and oxygen atoms in total. The number of carbonyl (C=O) groups is 1. The van der Waals surface area contributed by atoms with Crippen LogP contribution in [0.1, 0.15) is 37.4 Å². The van der Waals surface area contributed by atoms with Gasteiger partial charge in [-0.25, -0.2) is 19.7 Å².